The second-order valence-corrected chi connectivity index (χ2v) is 4.98. The van der Waals surface area contributed by atoms with Gasteiger partial charge in [0.05, 0.1) is 21.3 Å². The third kappa shape index (κ3) is 4.07. The van der Waals surface area contributed by atoms with Crippen molar-refractivity contribution in [2.45, 2.75) is 13.8 Å². The Bertz CT molecular complexity index is 753. The highest BCUT2D eigenvalue weighted by molar-refractivity contribution is 6.01. The molecule has 0 aliphatic carbocycles. The Morgan fingerprint density at radius 1 is 0.708 bits per heavy atom. The predicted octanol–water partition coefficient (Wildman–Crippen LogP) is 3.74. The molecule has 2 rings (SSSR count). The van der Waals surface area contributed by atoms with Crippen LogP contribution in [0.5, 0.6) is 0 Å². The van der Waals surface area contributed by atoms with E-state index in [0.717, 1.165) is 11.1 Å². The van der Waals surface area contributed by atoms with Crippen LogP contribution >= 0.6 is 0 Å². The summed E-state index contributed by atoms with van der Waals surface area (Å²) in [5.74, 6) is 0. The second kappa shape index (κ2) is 7.23. The Hall–Kier alpha value is -3.42. The normalized spacial score (nSPS) is 12.1. The van der Waals surface area contributed by atoms with Crippen molar-refractivity contribution >= 4 is 22.8 Å². The monoisotopic (exact) mass is 326 g/mol. The van der Waals surface area contributed by atoms with Gasteiger partial charge >= 0.3 is 0 Å². The standard InChI is InChI=1S/C16H14N4O4/c1-11(13-3-7-15(8-4-13)19(21)22)17-18-12(2)14-5-9-16(10-6-14)20(23)24/h3-10H,1-2H3/b17-11-,18-12+. The van der Waals surface area contributed by atoms with Gasteiger partial charge in [0.2, 0.25) is 0 Å². The Balaban J connectivity index is 2.18. The van der Waals surface area contributed by atoms with Crippen LogP contribution in [-0.2, 0) is 0 Å². The summed E-state index contributed by atoms with van der Waals surface area (Å²) in [7, 11) is 0. The molecule has 0 aromatic heterocycles. The minimum absolute atomic E-state index is 0.0112. The molecule has 2 aromatic rings. The summed E-state index contributed by atoms with van der Waals surface area (Å²) < 4.78 is 0. The lowest BCUT2D eigenvalue weighted by molar-refractivity contribution is -0.385. The molecular formula is C16H14N4O4. The fourth-order valence-electron chi connectivity index (χ4n) is 1.91. The van der Waals surface area contributed by atoms with E-state index in [1.165, 1.54) is 24.3 Å². The van der Waals surface area contributed by atoms with Crippen molar-refractivity contribution < 1.29 is 9.85 Å². The molecule has 0 aliphatic rings. The molecule has 0 N–H and O–H groups in total. The highest BCUT2D eigenvalue weighted by Gasteiger charge is 2.07. The van der Waals surface area contributed by atoms with Crippen molar-refractivity contribution in [2.24, 2.45) is 10.2 Å². The Labute approximate surface area is 137 Å². The summed E-state index contributed by atoms with van der Waals surface area (Å²) in [6.07, 6.45) is 0. The van der Waals surface area contributed by atoms with Gasteiger partial charge in [-0.05, 0) is 49.2 Å². The van der Waals surface area contributed by atoms with Gasteiger partial charge in [-0.25, -0.2) is 0 Å². The molecule has 0 aliphatic heterocycles. The molecule has 2 aromatic carbocycles. The first-order valence-corrected chi connectivity index (χ1v) is 6.97. The van der Waals surface area contributed by atoms with Crippen molar-refractivity contribution in [3.8, 4) is 0 Å². The quantitative estimate of drug-likeness (QED) is 0.473. The third-order valence-corrected chi connectivity index (χ3v) is 3.34. The molecule has 0 saturated carbocycles. The number of nitro groups is 2. The van der Waals surface area contributed by atoms with E-state index in [4.69, 9.17) is 0 Å². The van der Waals surface area contributed by atoms with Gasteiger partial charge in [-0.2, -0.15) is 10.2 Å². The number of nitrogens with zero attached hydrogens (tertiary/aromatic N) is 4. The van der Waals surface area contributed by atoms with Gasteiger partial charge in [-0.15, -0.1) is 0 Å². The molecule has 24 heavy (non-hydrogen) atoms. The maximum absolute atomic E-state index is 10.6. The lowest BCUT2D eigenvalue weighted by Gasteiger charge is -2.00. The average molecular weight is 326 g/mol. The van der Waals surface area contributed by atoms with Crippen LogP contribution in [0.3, 0.4) is 0 Å². The van der Waals surface area contributed by atoms with E-state index in [0.29, 0.717) is 11.4 Å². The van der Waals surface area contributed by atoms with Gasteiger partial charge in [0.1, 0.15) is 0 Å². The number of hydrogen-bond acceptors (Lipinski definition) is 6. The molecule has 8 heteroatoms. The van der Waals surface area contributed by atoms with Crippen LogP contribution in [0.2, 0.25) is 0 Å². The second-order valence-electron chi connectivity index (χ2n) is 4.98. The van der Waals surface area contributed by atoms with Gasteiger partial charge in [0.25, 0.3) is 11.4 Å². The molecule has 0 unspecified atom stereocenters. The molecular weight excluding hydrogens is 312 g/mol. The summed E-state index contributed by atoms with van der Waals surface area (Å²) in [5.41, 5.74) is 2.67. The van der Waals surface area contributed by atoms with Crippen LogP contribution in [-0.4, -0.2) is 21.3 Å². The van der Waals surface area contributed by atoms with E-state index < -0.39 is 9.85 Å². The van der Waals surface area contributed by atoms with E-state index in [-0.39, 0.29) is 11.4 Å². The predicted molar refractivity (Wildman–Crippen MR) is 90.6 cm³/mol. The molecule has 0 saturated heterocycles. The van der Waals surface area contributed by atoms with Crippen LogP contribution < -0.4 is 0 Å². The zero-order valence-corrected chi connectivity index (χ0v) is 13.0. The zero-order chi connectivity index (χ0) is 17.7. The molecule has 0 spiro atoms. The first kappa shape index (κ1) is 16.9. The molecule has 0 radical (unpaired) electrons. The van der Waals surface area contributed by atoms with E-state index in [1.54, 1.807) is 38.1 Å². The van der Waals surface area contributed by atoms with Gasteiger partial charge in [-0.1, -0.05) is 0 Å². The smallest absolute Gasteiger partial charge is 0.258 e. The first-order valence-electron chi connectivity index (χ1n) is 6.97. The highest BCUT2D eigenvalue weighted by atomic mass is 16.6. The Morgan fingerprint density at radius 2 is 1.00 bits per heavy atom. The van der Waals surface area contributed by atoms with Crippen LogP contribution in [0.4, 0.5) is 11.4 Å². The minimum atomic E-state index is -0.465. The van der Waals surface area contributed by atoms with Gasteiger partial charge in [-0.3, -0.25) is 20.2 Å². The number of non-ortho nitro benzene ring substituents is 2. The Morgan fingerprint density at radius 3 is 1.25 bits per heavy atom. The summed E-state index contributed by atoms with van der Waals surface area (Å²) in [5, 5.41) is 29.5. The maximum Gasteiger partial charge on any atom is 0.269 e. The lowest BCUT2D eigenvalue weighted by atomic mass is 10.1. The zero-order valence-electron chi connectivity index (χ0n) is 13.0. The van der Waals surface area contributed by atoms with Gasteiger partial charge in [0.15, 0.2) is 0 Å². The number of rotatable bonds is 5. The minimum Gasteiger partial charge on any atom is -0.258 e. The fourth-order valence-corrected chi connectivity index (χ4v) is 1.91. The first-order chi connectivity index (χ1) is 11.4. The van der Waals surface area contributed by atoms with Crippen molar-refractivity contribution in [3.05, 3.63) is 79.9 Å². The SMILES string of the molecule is C/C(=N/N=C(\C)c1ccc([N+](=O)[O-])cc1)c1ccc([N+](=O)[O-])cc1. The van der Waals surface area contributed by atoms with Crippen molar-refractivity contribution in [1.82, 2.24) is 0 Å². The van der Waals surface area contributed by atoms with Gasteiger partial charge < -0.3 is 0 Å². The van der Waals surface area contributed by atoms with Crippen LogP contribution in [0.15, 0.2) is 58.7 Å². The molecule has 122 valence electrons. The molecule has 0 bridgehead atoms. The summed E-state index contributed by atoms with van der Waals surface area (Å²) in [4.78, 5) is 20.3. The van der Waals surface area contributed by atoms with E-state index in [2.05, 4.69) is 10.2 Å². The summed E-state index contributed by atoms with van der Waals surface area (Å²) >= 11 is 0. The lowest BCUT2D eigenvalue weighted by Crippen LogP contribution is -1.98. The van der Waals surface area contributed by atoms with Crippen LogP contribution in [0, 0.1) is 20.2 Å². The average Bonchev–Trinajstić information content (AvgIpc) is 2.59. The maximum atomic E-state index is 10.6. The molecule has 0 atom stereocenters. The van der Waals surface area contributed by atoms with Crippen molar-refractivity contribution in [3.63, 3.8) is 0 Å². The highest BCUT2D eigenvalue weighted by Crippen LogP contribution is 2.14. The molecule has 0 amide bonds. The molecule has 0 heterocycles. The van der Waals surface area contributed by atoms with Crippen LogP contribution in [0.1, 0.15) is 25.0 Å². The molecule has 8 nitrogen and oxygen atoms in total. The largest absolute Gasteiger partial charge is 0.269 e. The topological polar surface area (TPSA) is 111 Å². The van der Waals surface area contributed by atoms with Crippen molar-refractivity contribution in [2.75, 3.05) is 0 Å². The van der Waals surface area contributed by atoms with Crippen molar-refractivity contribution in [1.29, 1.82) is 0 Å². The summed E-state index contributed by atoms with van der Waals surface area (Å²) in [6.45, 7) is 3.49. The number of nitro benzene ring substituents is 2. The Kier molecular flexibility index (Phi) is 5.10. The van der Waals surface area contributed by atoms with Crippen LogP contribution in [0.25, 0.3) is 0 Å². The summed E-state index contributed by atoms with van der Waals surface area (Å²) in [6, 6.07) is 12.0. The number of hydrogen-bond donors (Lipinski definition) is 0. The number of benzene rings is 2. The van der Waals surface area contributed by atoms with E-state index in [9.17, 15) is 20.2 Å². The fraction of sp³-hybridized carbons (Fsp3) is 0.125. The van der Waals surface area contributed by atoms with Gasteiger partial charge in [0, 0.05) is 24.3 Å². The van der Waals surface area contributed by atoms with E-state index in [1.807, 2.05) is 0 Å². The third-order valence-electron chi connectivity index (χ3n) is 3.34. The molecule has 0 fully saturated rings. The van der Waals surface area contributed by atoms with E-state index >= 15 is 0 Å².